The minimum Gasteiger partial charge on any atom is -0.508 e. The molecule has 3 unspecified atom stereocenters. The van der Waals surface area contributed by atoms with Crippen LogP contribution in [0.4, 0.5) is 15.0 Å². The zero-order valence-electron chi connectivity index (χ0n) is 28.0. The van der Waals surface area contributed by atoms with Crippen LogP contribution in [0.3, 0.4) is 0 Å². The number of piperidine rings is 1. The van der Waals surface area contributed by atoms with Gasteiger partial charge in [-0.15, -0.1) is 0 Å². The van der Waals surface area contributed by atoms with Crippen molar-refractivity contribution in [3.8, 4) is 22.9 Å². The number of amides is 1. The Morgan fingerprint density at radius 1 is 1.04 bits per heavy atom. The van der Waals surface area contributed by atoms with E-state index < -0.39 is 11.4 Å². The van der Waals surface area contributed by atoms with Gasteiger partial charge in [-0.25, -0.2) is 9.18 Å². The predicted octanol–water partition coefficient (Wildman–Crippen LogP) is 7.79. The predicted molar refractivity (Wildman–Crippen MR) is 187 cm³/mol. The molecule has 7 rings (SSSR count). The quantitative estimate of drug-likeness (QED) is 0.222. The van der Waals surface area contributed by atoms with E-state index in [-0.39, 0.29) is 52.1 Å². The number of hydrogen-bond donors (Lipinski definition) is 1. The molecule has 3 aliphatic heterocycles. The van der Waals surface area contributed by atoms with Crippen LogP contribution in [0.15, 0.2) is 42.5 Å². The topological polar surface area (TPSA) is 91.3 Å². The van der Waals surface area contributed by atoms with Gasteiger partial charge >= 0.3 is 12.1 Å². The third kappa shape index (κ3) is 6.44. The highest BCUT2D eigenvalue weighted by molar-refractivity contribution is 6.35. The number of phenols is 1. The Morgan fingerprint density at radius 3 is 2.46 bits per heavy atom. The summed E-state index contributed by atoms with van der Waals surface area (Å²) in [7, 11) is 0. The van der Waals surface area contributed by atoms with Gasteiger partial charge in [0.05, 0.1) is 17.1 Å². The maximum atomic E-state index is 17.0. The minimum absolute atomic E-state index is 0.0107. The number of fused-ring (bicyclic) bond motifs is 4. The van der Waals surface area contributed by atoms with Crippen LogP contribution < -0.4 is 9.64 Å². The van der Waals surface area contributed by atoms with E-state index in [0.29, 0.717) is 29.9 Å². The van der Waals surface area contributed by atoms with E-state index in [1.54, 1.807) is 12.1 Å². The second-order valence-electron chi connectivity index (χ2n) is 14.5. The maximum absolute atomic E-state index is 17.0. The van der Waals surface area contributed by atoms with Crippen molar-refractivity contribution in [1.82, 2.24) is 19.8 Å². The lowest BCUT2D eigenvalue weighted by atomic mass is 9.96. The summed E-state index contributed by atoms with van der Waals surface area (Å²) in [5.74, 6) is -0.0774. The zero-order valence-corrected chi connectivity index (χ0v) is 28.8. The van der Waals surface area contributed by atoms with Crippen LogP contribution in [-0.2, 0) is 4.74 Å². The lowest BCUT2D eigenvalue weighted by Crippen LogP contribution is -2.57. The number of ether oxygens (including phenoxy) is 2. The fourth-order valence-electron chi connectivity index (χ4n) is 7.61. The molecule has 3 aromatic carbocycles. The number of piperazine rings is 1. The Hall–Kier alpha value is -3.89. The molecule has 11 heteroatoms. The third-order valence-corrected chi connectivity index (χ3v) is 9.91. The Labute approximate surface area is 285 Å². The van der Waals surface area contributed by atoms with Crippen molar-refractivity contribution in [3.63, 3.8) is 0 Å². The number of halogens is 2. The molecule has 3 atom stereocenters. The molecule has 3 aliphatic rings. The summed E-state index contributed by atoms with van der Waals surface area (Å²) in [6, 6.07) is 12.3. The first-order valence-corrected chi connectivity index (χ1v) is 17.4. The normalized spacial score (nSPS) is 20.8. The van der Waals surface area contributed by atoms with Gasteiger partial charge in [0.2, 0.25) is 0 Å². The third-order valence-electron chi connectivity index (χ3n) is 9.61. The zero-order chi connectivity index (χ0) is 33.7. The summed E-state index contributed by atoms with van der Waals surface area (Å²) >= 11 is 6.93. The number of aromatic hydroxyl groups is 1. The smallest absolute Gasteiger partial charge is 0.410 e. The van der Waals surface area contributed by atoms with E-state index in [1.165, 1.54) is 25.3 Å². The SMILES string of the molecule is CC(CN1CCCCC1)Oc1nc(N2CC3CCC(C2)N3C(=O)OC(C)(C)C)c2cc(Cl)c(-c3cc(O)cc4ccccc34)c(F)c2n1. The summed E-state index contributed by atoms with van der Waals surface area (Å²) in [5, 5.41) is 12.7. The van der Waals surface area contributed by atoms with Crippen LogP contribution in [0.2, 0.25) is 5.02 Å². The first kappa shape index (κ1) is 32.6. The van der Waals surface area contributed by atoms with Crippen molar-refractivity contribution in [2.24, 2.45) is 0 Å². The molecule has 4 aromatic rings. The number of carbonyl (C=O) groups is 1. The molecule has 0 radical (unpaired) electrons. The summed E-state index contributed by atoms with van der Waals surface area (Å²) in [4.78, 5) is 29.1. The average Bonchev–Trinajstić information content (AvgIpc) is 3.30. The highest BCUT2D eigenvalue weighted by Crippen LogP contribution is 2.43. The standard InChI is InChI=1S/C37H43ClFN5O4/c1-22(19-42-14-8-5-9-15-42)47-35-40-33-29(18-30(38)31(32(33)39)28-17-26(45)16-23-10-6-7-11-27(23)28)34(41-35)43-20-24-12-13-25(21-43)44(24)36(46)48-37(2,3)4/h6-7,10-11,16-18,22,24-25,45H,5,8-9,12-15,19-21H2,1-4H3. The molecule has 1 aromatic heterocycles. The van der Waals surface area contributed by atoms with E-state index in [9.17, 15) is 9.90 Å². The van der Waals surface area contributed by atoms with Gasteiger partial charge < -0.3 is 19.5 Å². The minimum atomic E-state index is -0.610. The Morgan fingerprint density at radius 2 is 1.75 bits per heavy atom. The number of benzene rings is 3. The number of nitrogens with zero attached hydrogens (tertiary/aromatic N) is 5. The molecule has 3 fully saturated rings. The average molecular weight is 676 g/mol. The number of likely N-dealkylation sites (tertiary alicyclic amines) is 1. The number of aromatic nitrogens is 2. The van der Waals surface area contributed by atoms with Crippen molar-refractivity contribution < 1.29 is 23.8 Å². The van der Waals surface area contributed by atoms with Crippen LogP contribution in [-0.4, -0.2) is 87.5 Å². The lowest BCUT2D eigenvalue weighted by molar-refractivity contribution is 0.0122. The number of hydrogen-bond acceptors (Lipinski definition) is 8. The summed E-state index contributed by atoms with van der Waals surface area (Å²) in [6.45, 7) is 11.4. The van der Waals surface area contributed by atoms with E-state index in [4.69, 9.17) is 26.1 Å². The highest BCUT2D eigenvalue weighted by Gasteiger charge is 2.45. The highest BCUT2D eigenvalue weighted by atomic mass is 35.5. The van der Waals surface area contributed by atoms with Crippen molar-refractivity contribution in [2.75, 3.05) is 37.6 Å². The Bertz CT molecular complexity index is 1850. The number of phenolic OH excluding ortho intramolecular Hbond substituents is 1. The van der Waals surface area contributed by atoms with E-state index in [2.05, 4.69) is 14.8 Å². The van der Waals surface area contributed by atoms with Crippen molar-refractivity contribution in [2.45, 2.75) is 83.6 Å². The molecule has 4 heterocycles. The molecule has 9 nitrogen and oxygen atoms in total. The first-order valence-electron chi connectivity index (χ1n) is 17.0. The van der Waals surface area contributed by atoms with E-state index in [1.807, 2.05) is 56.9 Å². The monoisotopic (exact) mass is 675 g/mol. The molecule has 48 heavy (non-hydrogen) atoms. The molecule has 2 bridgehead atoms. The molecule has 1 amide bonds. The molecule has 1 N–H and O–H groups in total. The van der Waals surface area contributed by atoms with E-state index >= 15 is 4.39 Å². The van der Waals surface area contributed by atoms with Crippen LogP contribution in [0.5, 0.6) is 11.8 Å². The molecule has 0 aliphatic carbocycles. The Kier molecular flexibility index (Phi) is 8.74. The molecule has 254 valence electrons. The first-order chi connectivity index (χ1) is 22.9. The summed E-state index contributed by atoms with van der Waals surface area (Å²) in [5.41, 5.74) is 0.123. The van der Waals surface area contributed by atoms with E-state index in [0.717, 1.165) is 43.2 Å². The van der Waals surface area contributed by atoms with Gasteiger partial charge in [0.1, 0.15) is 28.8 Å². The Balaban J connectivity index is 1.31. The number of carbonyl (C=O) groups excluding carboxylic acids is 1. The van der Waals surface area contributed by atoms with Crippen LogP contribution in [0, 0.1) is 5.82 Å². The second-order valence-corrected chi connectivity index (χ2v) is 14.9. The van der Waals surface area contributed by atoms with Gasteiger partial charge in [-0.2, -0.15) is 9.97 Å². The molecular weight excluding hydrogens is 633 g/mol. The van der Waals surface area contributed by atoms with Gasteiger partial charge in [-0.05, 0) is 101 Å². The van der Waals surface area contributed by atoms with Gasteiger partial charge in [0.15, 0.2) is 5.82 Å². The lowest BCUT2D eigenvalue weighted by Gasteiger charge is -2.42. The maximum Gasteiger partial charge on any atom is 0.410 e. The second kappa shape index (κ2) is 12.9. The van der Waals surface area contributed by atoms with Gasteiger partial charge in [-0.1, -0.05) is 42.3 Å². The number of anilines is 1. The van der Waals surface area contributed by atoms with Crippen molar-refractivity contribution in [3.05, 3.63) is 53.3 Å². The fourth-order valence-corrected chi connectivity index (χ4v) is 7.91. The molecule has 3 saturated heterocycles. The summed E-state index contributed by atoms with van der Waals surface area (Å²) < 4.78 is 29.1. The largest absolute Gasteiger partial charge is 0.508 e. The van der Waals surface area contributed by atoms with Gasteiger partial charge in [0, 0.05) is 30.6 Å². The van der Waals surface area contributed by atoms with Gasteiger partial charge in [0.25, 0.3) is 0 Å². The van der Waals surface area contributed by atoms with Crippen molar-refractivity contribution in [1.29, 1.82) is 0 Å². The number of rotatable bonds is 6. The summed E-state index contributed by atoms with van der Waals surface area (Å²) in [6.07, 6.45) is 4.71. The molecular formula is C37H43ClFN5O4. The molecule has 0 spiro atoms. The molecule has 0 saturated carbocycles. The van der Waals surface area contributed by atoms with Crippen LogP contribution in [0.25, 0.3) is 32.8 Å². The van der Waals surface area contributed by atoms with Crippen molar-refractivity contribution >= 4 is 45.2 Å². The van der Waals surface area contributed by atoms with Crippen LogP contribution in [0.1, 0.15) is 59.8 Å². The fraction of sp³-hybridized carbons (Fsp3) is 0.486. The van der Waals surface area contributed by atoms with Crippen LogP contribution >= 0.6 is 11.6 Å². The van der Waals surface area contributed by atoms with Gasteiger partial charge in [-0.3, -0.25) is 9.80 Å².